The quantitative estimate of drug-likeness (QED) is 0.318. The van der Waals surface area contributed by atoms with Gasteiger partial charge in [0.15, 0.2) is 5.43 Å². The first-order valence-electron chi connectivity index (χ1n) is 9.95. The molecule has 2 unspecified atom stereocenters. The molecule has 2 radical (unpaired) electrons. The van der Waals surface area contributed by atoms with Crippen LogP contribution in [0.4, 0.5) is 0 Å². The number of aromatic hydroxyl groups is 1. The van der Waals surface area contributed by atoms with E-state index in [1.165, 1.54) is 12.1 Å². The van der Waals surface area contributed by atoms with Crippen LogP contribution < -0.4 is 15.4 Å². The van der Waals surface area contributed by atoms with Crippen molar-refractivity contribution >= 4 is 43.7 Å². The van der Waals surface area contributed by atoms with E-state index in [-0.39, 0.29) is 27.3 Å². The first-order valence-corrected chi connectivity index (χ1v) is 11.9. The van der Waals surface area contributed by atoms with Gasteiger partial charge in [0.05, 0.1) is 11.1 Å². The number of β-amino-alcohol motifs (C(OH)–C–C–N with tert-alkyl or cyclic N) is 1. The second kappa shape index (κ2) is 8.79. The van der Waals surface area contributed by atoms with Gasteiger partial charge in [-0.1, -0.05) is 29.2 Å². The molecule has 0 saturated carbocycles. The van der Waals surface area contributed by atoms with E-state index in [2.05, 4.69) is 4.52 Å². The van der Waals surface area contributed by atoms with Crippen molar-refractivity contribution in [3.63, 3.8) is 0 Å². The number of phenols is 1. The summed E-state index contributed by atoms with van der Waals surface area (Å²) in [6.07, 6.45) is -0.456. The third-order valence-corrected chi connectivity index (χ3v) is 6.38. The molecule has 0 bridgehead atoms. The second-order valence-corrected chi connectivity index (χ2v) is 9.60. The van der Waals surface area contributed by atoms with Crippen molar-refractivity contribution in [3.05, 3.63) is 51.1 Å². The molecule has 12 heteroatoms. The Morgan fingerprint density at radius 1 is 1.27 bits per heavy atom. The van der Waals surface area contributed by atoms with Crippen molar-refractivity contribution in [3.8, 4) is 22.8 Å². The zero-order valence-corrected chi connectivity index (χ0v) is 19.1. The van der Waals surface area contributed by atoms with Gasteiger partial charge in [0.2, 0.25) is 0 Å². The zero-order valence-electron chi connectivity index (χ0n) is 17.4. The first-order chi connectivity index (χ1) is 15.4. The number of hydrogen-bond acceptors (Lipinski definition) is 7. The predicted molar refractivity (Wildman–Crippen MR) is 124 cm³/mol. The van der Waals surface area contributed by atoms with Gasteiger partial charge in [-0.3, -0.25) is 14.6 Å². The highest BCUT2D eigenvalue weighted by molar-refractivity contribution is 7.46. The van der Waals surface area contributed by atoms with E-state index in [4.69, 9.17) is 23.9 Å². The third kappa shape index (κ3) is 4.82. The average Bonchev–Trinajstić information content (AvgIpc) is 2.69. The van der Waals surface area contributed by atoms with Gasteiger partial charge in [-0.25, -0.2) is 4.57 Å². The van der Waals surface area contributed by atoms with Crippen molar-refractivity contribution in [2.45, 2.75) is 18.4 Å². The van der Waals surface area contributed by atoms with Crippen LogP contribution in [0.1, 0.15) is 17.9 Å². The van der Waals surface area contributed by atoms with Crippen LogP contribution in [0.5, 0.6) is 11.5 Å². The van der Waals surface area contributed by atoms with Gasteiger partial charge >= 0.3 is 7.82 Å². The Kier molecular flexibility index (Phi) is 6.35. The molecule has 1 aromatic heterocycles. The third-order valence-electron chi connectivity index (χ3n) is 5.61. The normalized spacial score (nSPS) is 19.7. The van der Waals surface area contributed by atoms with Crippen LogP contribution in [0.2, 0.25) is 5.02 Å². The Morgan fingerprint density at radius 3 is 2.67 bits per heavy atom. The largest absolute Gasteiger partial charge is 0.524 e. The van der Waals surface area contributed by atoms with Crippen LogP contribution in [-0.2, 0) is 4.57 Å². The van der Waals surface area contributed by atoms with Gasteiger partial charge in [-0.05, 0) is 26.1 Å². The highest BCUT2D eigenvalue weighted by atomic mass is 35.5. The molecular formula is C21H20BClNO8P. The smallest absolute Gasteiger partial charge is 0.507 e. The standard InChI is InChI=1S/C21H20BClNO8P/c1-24-5-4-11(16(27)9-24)19-14(25)8-18(32-33(28,29)30)20-15(26)7-17(31-21(19)20)12-6-10(22)2-3-13(12)23/h2-3,6-8,11,16,25,27H,4-5,9H2,1H3,(H2,28,29,30). The highest BCUT2D eigenvalue weighted by Gasteiger charge is 2.34. The number of fused-ring (bicyclic) bond motifs is 1. The van der Waals surface area contributed by atoms with Crippen LogP contribution in [-0.4, -0.2) is 59.0 Å². The minimum absolute atomic E-state index is 0.0289. The molecule has 2 atom stereocenters. The lowest BCUT2D eigenvalue weighted by atomic mass is 9.85. The van der Waals surface area contributed by atoms with Crippen LogP contribution in [0.3, 0.4) is 0 Å². The predicted octanol–water partition coefficient (Wildman–Crippen LogP) is 1.86. The van der Waals surface area contributed by atoms with Gasteiger partial charge in [-0.2, -0.15) is 0 Å². The Balaban J connectivity index is 2.04. The van der Waals surface area contributed by atoms with Crippen LogP contribution in [0.25, 0.3) is 22.3 Å². The van der Waals surface area contributed by atoms with Crippen molar-refractivity contribution in [1.82, 2.24) is 4.90 Å². The van der Waals surface area contributed by atoms with Crippen LogP contribution in [0.15, 0.2) is 39.5 Å². The number of phosphoric acid groups is 1. The van der Waals surface area contributed by atoms with E-state index in [0.29, 0.717) is 30.5 Å². The van der Waals surface area contributed by atoms with E-state index < -0.39 is 36.8 Å². The number of aliphatic hydroxyl groups excluding tert-OH is 1. The molecule has 172 valence electrons. The Bertz CT molecular complexity index is 1340. The Labute approximate surface area is 194 Å². The highest BCUT2D eigenvalue weighted by Crippen LogP contribution is 2.47. The van der Waals surface area contributed by atoms with Crippen molar-refractivity contribution in [2.24, 2.45) is 0 Å². The molecule has 0 spiro atoms. The minimum Gasteiger partial charge on any atom is -0.507 e. The number of rotatable bonds is 4. The average molecular weight is 492 g/mol. The summed E-state index contributed by atoms with van der Waals surface area (Å²) in [4.78, 5) is 33.7. The molecular weight excluding hydrogens is 471 g/mol. The lowest BCUT2D eigenvalue weighted by molar-refractivity contribution is 0.0630. The fourth-order valence-electron chi connectivity index (χ4n) is 4.16. The lowest BCUT2D eigenvalue weighted by Crippen LogP contribution is -2.40. The summed E-state index contributed by atoms with van der Waals surface area (Å²) in [5, 5.41) is 21.5. The van der Waals surface area contributed by atoms with E-state index >= 15 is 0 Å². The van der Waals surface area contributed by atoms with Gasteiger partial charge in [-0.15, -0.1) is 0 Å². The molecule has 2 aromatic carbocycles. The summed E-state index contributed by atoms with van der Waals surface area (Å²) in [7, 11) is 2.62. The van der Waals surface area contributed by atoms with E-state index in [9.17, 15) is 29.4 Å². The minimum atomic E-state index is -5.07. The summed E-state index contributed by atoms with van der Waals surface area (Å²) in [5.74, 6) is -1.55. The Hall–Kier alpha value is -2.33. The van der Waals surface area contributed by atoms with Gasteiger partial charge in [0.25, 0.3) is 0 Å². The molecule has 2 heterocycles. The summed E-state index contributed by atoms with van der Waals surface area (Å²) in [6, 6.07) is 6.66. The number of piperidine rings is 1. The van der Waals surface area contributed by atoms with Crippen LogP contribution >= 0.6 is 19.4 Å². The van der Waals surface area contributed by atoms with Crippen molar-refractivity contribution in [2.75, 3.05) is 20.1 Å². The second-order valence-electron chi connectivity index (χ2n) is 8.03. The molecule has 4 N–H and O–H groups in total. The molecule has 1 aliphatic rings. The summed E-state index contributed by atoms with van der Waals surface area (Å²) in [6.45, 7) is 0.922. The van der Waals surface area contributed by atoms with E-state index in [0.717, 1.165) is 12.1 Å². The molecule has 1 fully saturated rings. The molecule has 33 heavy (non-hydrogen) atoms. The maximum Gasteiger partial charge on any atom is 0.524 e. The maximum absolute atomic E-state index is 13.1. The molecule has 4 rings (SSSR count). The number of nitrogens with zero attached hydrogens (tertiary/aromatic N) is 1. The van der Waals surface area contributed by atoms with Gasteiger partial charge in [0, 0.05) is 35.7 Å². The number of hydrogen-bond donors (Lipinski definition) is 4. The fourth-order valence-corrected chi connectivity index (χ4v) is 4.77. The fraction of sp³-hybridized carbons (Fsp3) is 0.286. The molecule has 1 saturated heterocycles. The number of benzene rings is 2. The van der Waals surface area contributed by atoms with E-state index in [1.54, 1.807) is 6.07 Å². The topological polar surface area (TPSA) is 141 Å². The van der Waals surface area contributed by atoms with Crippen molar-refractivity contribution < 1.29 is 33.5 Å². The molecule has 9 nitrogen and oxygen atoms in total. The lowest BCUT2D eigenvalue weighted by Gasteiger charge is -2.34. The summed E-state index contributed by atoms with van der Waals surface area (Å²) in [5.41, 5.74) is -0.0246. The Morgan fingerprint density at radius 2 is 2.00 bits per heavy atom. The van der Waals surface area contributed by atoms with Crippen molar-refractivity contribution in [1.29, 1.82) is 0 Å². The van der Waals surface area contributed by atoms with Gasteiger partial charge < -0.3 is 24.1 Å². The maximum atomic E-state index is 13.1. The number of phosphoric ester groups is 1. The number of halogens is 1. The first kappa shape index (κ1) is 23.8. The molecule has 0 amide bonds. The zero-order chi connectivity index (χ0) is 24.1. The molecule has 3 aromatic rings. The number of likely N-dealkylation sites (tertiary alicyclic amines) is 1. The monoisotopic (exact) mass is 491 g/mol. The number of aliphatic hydroxyl groups is 1. The SMILES string of the molecule is [B]c1ccc(Cl)c(-c2cc(=O)c3c(OP(=O)(O)O)cc(O)c(C4CCN(C)CC4O)c3o2)c1. The van der Waals surface area contributed by atoms with Gasteiger partial charge in [0.1, 0.15) is 36.1 Å². The number of likely N-dealkylation sites (N-methyl/N-ethyl adjacent to an activating group) is 1. The van der Waals surface area contributed by atoms with E-state index in [1.807, 2.05) is 11.9 Å². The summed E-state index contributed by atoms with van der Waals surface area (Å²) < 4.78 is 22.2. The molecule has 0 aliphatic carbocycles. The summed E-state index contributed by atoms with van der Waals surface area (Å²) >= 11 is 6.27. The van der Waals surface area contributed by atoms with Crippen LogP contribution in [0, 0.1) is 0 Å². The molecule has 1 aliphatic heterocycles. The number of phenolic OH excluding ortho intramolecular Hbond substituents is 1.